The molecule has 3 unspecified atom stereocenters. The predicted octanol–water partition coefficient (Wildman–Crippen LogP) is 3.89. The first-order chi connectivity index (χ1) is 15.7. The van der Waals surface area contributed by atoms with Crippen LogP contribution >= 0.6 is 0 Å². The summed E-state index contributed by atoms with van der Waals surface area (Å²) >= 11 is 0. The van der Waals surface area contributed by atoms with Crippen LogP contribution in [0.4, 0.5) is 13.2 Å². The van der Waals surface area contributed by atoms with E-state index in [1.54, 1.807) is 29.4 Å². The first-order valence-corrected chi connectivity index (χ1v) is 10.7. The SMILES string of the molecule is Cc1ccc(C(=O)N2CC3CC(Oc4ccc(C(F)(F)F)cn4)C2C3)c(-c2nccn2C)n1. The highest BCUT2D eigenvalue weighted by Gasteiger charge is 2.49. The molecule has 0 radical (unpaired) electrons. The molecular weight excluding hydrogens is 435 g/mol. The lowest BCUT2D eigenvalue weighted by Gasteiger charge is -2.33. The summed E-state index contributed by atoms with van der Waals surface area (Å²) in [6.07, 6.45) is 0.964. The number of ether oxygens (including phenoxy) is 1. The van der Waals surface area contributed by atoms with E-state index in [4.69, 9.17) is 4.74 Å². The number of rotatable bonds is 4. The van der Waals surface area contributed by atoms with Gasteiger partial charge in [0.2, 0.25) is 5.88 Å². The van der Waals surface area contributed by atoms with E-state index in [1.807, 2.05) is 18.5 Å². The van der Waals surface area contributed by atoms with Crippen LogP contribution in [0.1, 0.15) is 34.5 Å². The standard InChI is InChI=1S/C23H22F3N5O2/c1-13-3-5-16(20(29-13)21-27-7-8-30(21)2)22(32)31-12-14-9-17(31)18(10-14)33-19-6-4-15(11-28-19)23(24,25)26/h3-8,11,14,17-18H,9-10,12H2,1-2H3. The van der Waals surface area contributed by atoms with Gasteiger partial charge in [0.15, 0.2) is 5.82 Å². The number of amides is 1. The third kappa shape index (κ3) is 3.94. The number of likely N-dealkylation sites (tertiary alicyclic amines) is 1. The number of imidazole rings is 1. The number of carbonyl (C=O) groups is 1. The molecule has 0 N–H and O–H groups in total. The smallest absolute Gasteiger partial charge is 0.417 e. The Kier molecular flexibility index (Phi) is 5.10. The monoisotopic (exact) mass is 457 g/mol. The normalized spacial score (nSPS) is 22.1. The molecule has 7 nitrogen and oxygen atoms in total. The lowest BCUT2D eigenvalue weighted by molar-refractivity contribution is -0.137. The Balaban J connectivity index is 1.38. The van der Waals surface area contributed by atoms with Crippen LogP contribution in [0.25, 0.3) is 11.5 Å². The van der Waals surface area contributed by atoms with Crippen molar-refractivity contribution in [3.63, 3.8) is 0 Å². The number of hydrogen-bond donors (Lipinski definition) is 0. The van der Waals surface area contributed by atoms with Crippen LogP contribution in [-0.4, -0.2) is 49.0 Å². The van der Waals surface area contributed by atoms with Crippen LogP contribution in [0.2, 0.25) is 0 Å². The zero-order chi connectivity index (χ0) is 23.3. The second kappa shape index (κ2) is 7.86. The van der Waals surface area contributed by atoms with Gasteiger partial charge >= 0.3 is 6.18 Å². The fourth-order valence-corrected chi connectivity index (χ4v) is 4.75. The minimum atomic E-state index is -4.45. The fraction of sp³-hybridized carbons (Fsp3) is 0.391. The van der Waals surface area contributed by atoms with E-state index in [-0.39, 0.29) is 29.9 Å². The van der Waals surface area contributed by atoms with Gasteiger partial charge in [0.25, 0.3) is 5.91 Å². The van der Waals surface area contributed by atoms with Crippen LogP contribution in [0, 0.1) is 12.8 Å². The number of aromatic nitrogens is 4. The molecule has 1 saturated heterocycles. The third-order valence-corrected chi connectivity index (χ3v) is 6.32. The summed E-state index contributed by atoms with van der Waals surface area (Å²) in [4.78, 5) is 28.1. The molecule has 172 valence electrons. The van der Waals surface area contributed by atoms with Crippen molar-refractivity contribution >= 4 is 5.91 Å². The number of halogens is 3. The maximum Gasteiger partial charge on any atom is 0.417 e. The molecule has 33 heavy (non-hydrogen) atoms. The Labute approximate surface area is 188 Å². The van der Waals surface area contributed by atoms with Gasteiger partial charge in [-0.3, -0.25) is 4.79 Å². The molecule has 3 aromatic heterocycles. The molecule has 1 aliphatic heterocycles. The van der Waals surface area contributed by atoms with Crippen molar-refractivity contribution in [2.75, 3.05) is 6.54 Å². The zero-order valence-corrected chi connectivity index (χ0v) is 18.1. The molecule has 0 spiro atoms. The third-order valence-electron chi connectivity index (χ3n) is 6.32. The van der Waals surface area contributed by atoms with Crippen molar-refractivity contribution in [2.45, 2.75) is 38.1 Å². The molecule has 1 amide bonds. The maximum atomic E-state index is 13.6. The summed E-state index contributed by atoms with van der Waals surface area (Å²) in [5.41, 5.74) is 0.946. The van der Waals surface area contributed by atoms with Crippen molar-refractivity contribution in [1.29, 1.82) is 0 Å². The van der Waals surface area contributed by atoms with Crippen LogP contribution in [-0.2, 0) is 13.2 Å². The lowest BCUT2D eigenvalue weighted by atomic mass is 10.0. The Morgan fingerprint density at radius 1 is 1.15 bits per heavy atom. The molecule has 0 aromatic carbocycles. The van der Waals surface area contributed by atoms with Crippen LogP contribution in [0.5, 0.6) is 5.88 Å². The number of aryl methyl sites for hydroxylation is 2. The van der Waals surface area contributed by atoms with E-state index in [0.717, 1.165) is 30.8 Å². The Morgan fingerprint density at radius 2 is 1.97 bits per heavy atom. The van der Waals surface area contributed by atoms with E-state index in [2.05, 4.69) is 15.0 Å². The molecule has 5 rings (SSSR count). The number of piperidine rings is 1. The Bertz CT molecular complexity index is 1190. The summed E-state index contributed by atoms with van der Waals surface area (Å²) in [6.45, 7) is 2.47. The minimum Gasteiger partial charge on any atom is -0.472 e. The zero-order valence-electron chi connectivity index (χ0n) is 18.1. The first kappa shape index (κ1) is 21.4. The van der Waals surface area contributed by atoms with Crippen molar-refractivity contribution in [1.82, 2.24) is 24.4 Å². The summed E-state index contributed by atoms with van der Waals surface area (Å²) in [5, 5.41) is 0. The Morgan fingerprint density at radius 3 is 2.61 bits per heavy atom. The average Bonchev–Trinajstić information content (AvgIpc) is 3.48. The number of carbonyl (C=O) groups excluding carboxylic acids is 1. The van der Waals surface area contributed by atoms with Gasteiger partial charge in [0.05, 0.1) is 17.2 Å². The minimum absolute atomic E-state index is 0.124. The molecule has 1 aliphatic carbocycles. The molecule has 3 atom stereocenters. The molecule has 1 saturated carbocycles. The molecule has 2 fully saturated rings. The van der Waals surface area contributed by atoms with Crippen molar-refractivity contribution in [2.24, 2.45) is 13.0 Å². The van der Waals surface area contributed by atoms with Gasteiger partial charge in [-0.25, -0.2) is 15.0 Å². The molecular formula is C23H22F3N5O2. The number of pyridine rings is 2. The Hall–Kier alpha value is -3.43. The molecule has 4 heterocycles. The second-order valence-electron chi connectivity index (χ2n) is 8.61. The van der Waals surface area contributed by atoms with Crippen LogP contribution in [0.3, 0.4) is 0 Å². The van der Waals surface area contributed by atoms with Gasteiger partial charge in [0.1, 0.15) is 11.8 Å². The van der Waals surface area contributed by atoms with E-state index in [1.165, 1.54) is 6.07 Å². The van der Waals surface area contributed by atoms with Crippen molar-refractivity contribution < 1.29 is 22.7 Å². The van der Waals surface area contributed by atoms with Gasteiger partial charge in [-0.05, 0) is 43.9 Å². The maximum absolute atomic E-state index is 13.6. The highest BCUT2D eigenvalue weighted by Crippen LogP contribution is 2.41. The summed E-state index contributed by atoms with van der Waals surface area (Å²) in [7, 11) is 1.85. The quantitative estimate of drug-likeness (QED) is 0.595. The summed E-state index contributed by atoms with van der Waals surface area (Å²) in [5.74, 6) is 0.849. The fourth-order valence-electron chi connectivity index (χ4n) is 4.75. The topological polar surface area (TPSA) is 73.1 Å². The number of alkyl halides is 3. The van der Waals surface area contributed by atoms with Gasteiger partial charge in [-0.1, -0.05) is 0 Å². The number of hydrogen-bond acceptors (Lipinski definition) is 5. The van der Waals surface area contributed by atoms with Gasteiger partial charge < -0.3 is 14.2 Å². The van der Waals surface area contributed by atoms with E-state index in [0.29, 0.717) is 23.6 Å². The molecule has 2 aliphatic rings. The highest BCUT2D eigenvalue weighted by molar-refractivity contribution is 5.99. The predicted molar refractivity (Wildman–Crippen MR) is 112 cm³/mol. The lowest BCUT2D eigenvalue weighted by Crippen LogP contribution is -2.47. The van der Waals surface area contributed by atoms with Gasteiger partial charge in [0, 0.05) is 43.9 Å². The van der Waals surface area contributed by atoms with Crippen LogP contribution in [0.15, 0.2) is 42.9 Å². The van der Waals surface area contributed by atoms with Gasteiger partial charge in [-0.15, -0.1) is 0 Å². The second-order valence-corrected chi connectivity index (χ2v) is 8.61. The number of nitrogens with zero attached hydrogens (tertiary/aromatic N) is 5. The summed E-state index contributed by atoms with van der Waals surface area (Å²) in [6, 6.07) is 5.57. The number of fused-ring (bicyclic) bond motifs is 2. The van der Waals surface area contributed by atoms with E-state index < -0.39 is 11.7 Å². The average molecular weight is 457 g/mol. The van der Waals surface area contributed by atoms with Crippen molar-refractivity contribution in [3.8, 4) is 17.4 Å². The molecule has 2 bridgehead atoms. The van der Waals surface area contributed by atoms with E-state index >= 15 is 0 Å². The molecule has 3 aromatic rings. The first-order valence-electron chi connectivity index (χ1n) is 10.7. The van der Waals surface area contributed by atoms with Gasteiger partial charge in [-0.2, -0.15) is 13.2 Å². The van der Waals surface area contributed by atoms with Crippen LogP contribution < -0.4 is 4.74 Å². The van der Waals surface area contributed by atoms with Crippen molar-refractivity contribution in [3.05, 3.63) is 59.7 Å². The largest absolute Gasteiger partial charge is 0.472 e. The highest BCUT2D eigenvalue weighted by atomic mass is 19.4. The summed E-state index contributed by atoms with van der Waals surface area (Å²) < 4.78 is 46.1. The van der Waals surface area contributed by atoms with E-state index in [9.17, 15) is 18.0 Å². The molecule has 10 heteroatoms.